The molecule has 0 bridgehead atoms. The highest BCUT2D eigenvalue weighted by Crippen LogP contribution is 2.28. The number of ether oxygens (including phenoxy) is 1. The molecule has 1 aromatic heterocycles. The largest absolute Gasteiger partial charge is 0.497 e. The summed E-state index contributed by atoms with van der Waals surface area (Å²) in [7, 11) is 1.56. The van der Waals surface area contributed by atoms with E-state index in [1.165, 1.54) is 11.1 Å². The van der Waals surface area contributed by atoms with Crippen molar-refractivity contribution in [3.05, 3.63) is 59.4 Å². The Morgan fingerprint density at radius 2 is 1.89 bits per heavy atom. The number of rotatable bonds is 3. The molecule has 1 fully saturated rings. The minimum Gasteiger partial charge on any atom is -0.497 e. The van der Waals surface area contributed by atoms with E-state index < -0.39 is 0 Å². The lowest BCUT2D eigenvalue weighted by atomic mass is 10.0. The monoisotopic (exact) mass is 365 g/mol. The Labute approximate surface area is 156 Å². The van der Waals surface area contributed by atoms with Crippen molar-refractivity contribution in [3.8, 4) is 5.75 Å². The number of pyridine rings is 1. The van der Waals surface area contributed by atoms with Gasteiger partial charge in [-0.2, -0.15) is 0 Å². The van der Waals surface area contributed by atoms with E-state index in [1.807, 2.05) is 0 Å². The van der Waals surface area contributed by atoms with Crippen LogP contribution in [0.15, 0.2) is 42.6 Å². The Morgan fingerprint density at radius 3 is 2.59 bits per heavy atom. The molecule has 0 spiro atoms. The number of likely N-dealkylation sites (tertiary alicyclic amines) is 1. The Morgan fingerprint density at radius 1 is 1.11 bits per heavy atom. The Kier molecular flexibility index (Phi) is 4.35. The van der Waals surface area contributed by atoms with Crippen molar-refractivity contribution in [1.29, 1.82) is 0 Å². The third kappa shape index (κ3) is 2.95. The molecule has 2 aromatic rings. The lowest BCUT2D eigenvalue weighted by Crippen LogP contribution is -2.48. The lowest BCUT2D eigenvalue weighted by molar-refractivity contribution is 0.0477. The fourth-order valence-corrected chi connectivity index (χ4v) is 3.68. The van der Waals surface area contributed by atoms with Gasteiger partial charge in [-0.15, -0.1) is 0 Å². The Bertz CT molecular complexity index is 884. The molecule has 0 radical (unpaired) electrons. The quantitative estimate of drug-likeness (QED) is 0.777. The highest BCUT2D eigenvalue weighted by molar-refractivity contribution is 6.20. The summed E-state index contributed by atoms with van der Waals surface area (Å²) in [6.45, 7) is 0.975. The van der Waals surface area contributed by atoms with E-state index in [0.717, 1.165) is 0 Å². The van der Waals surface area contributed by atoms with Crippen molar-refractivity contribution in [2.24, 2.45) is 0 Å². The van der Waals surface area contributed by atoms with E-state index in [1.54, 1.807) is 48.4 Å². The van der Waals surface area contributed by atoms with Crippen molar-refractivity contribution >= 4 is 17.7 Å². The van der Waals surface area contributed by atoms with Crippen LogP contribution >= 0.6 is 0 Å². The molecule has 7 nitrogen and oxygen atoms in total. The number of amides is 3. The second-order valence-corrected chi connectivity index (χ2v) is 6.64. The first-order chi connectivity index (χ1) is 13.1. The third-order valence-corrected chi connectivity index (χ3v) is 5.11. The summed E-state index contributed by atoms with van der Waals surface area (Å²) < 4.78 is 5.17. The van der Waals surface area contributed by atoms with Crippen molar-refractivity contribution in [3.63, 3.8) is 0 Å². The zero-order valence-electron chi connectivity index (χ0n) is 14.9. The molecule has 0 N–H and O–H groups in total. The molecule has 1 aromatic carbocycles. The number of carbonyl (C=O) groups excluding carboxylic acids is 3. The second-order valence-electron chi connectivity index (χ2n) is 6.64. The van der Waals surface area contributed by atoms with Gasteiger partial charge in [-0.3, -0.25) is 24.3 Å². The summed E-state index contributed by atoms with van der Waals surface area (Å²) >= 11 is 0. The van der Waals surface area contributed by atoms with Gasteiger partial charge in [0.25, 0.3) is 17.7 Å². The van der Waals surface area contributed by atoms with Gasteiger partial charge < -0.3 is 9.64 Å². The summed E-state index contributed by atoms with van der Waals surface area (Å²) in [5, 5.41) is 0. The van der Waals surface area contributed by atoms with E-state index in [4.69, 9.17) is 4.74 Å². The Balaban J connectivity index is 1.44. The maximum Gasteiger partial charge on any atom is 0.280 e. The third-order valence-electron chi connectivity index (χ3n) is 5.11. The van der Waals surface area contributed by atoms with Crippen molar-refractivity contribution < 1.29 is 19.1 Å². The van der Waals surface area contributed by atoms with Crippen LogP contribution in [0.2, 0.25) is 0 Å². The minimum absolute atomic E-state index is 0.0728. The predicted molar refractivity (Wildman–Crippen MR) is 96.7 cm³/mol. The molecule has 3 heterocycles. The lowest BCUT2D eigenvalue weighted by Gasteiger charge is -2.35. The number of carbonyl (C=O) groups is 3. The molecule has 0 aliphatic carbocycles. The van der Waals surface area contributed by atoms with Crippen molar-refractivity contribution in [1.82, 2.24) is 14.8 Å². The van der Waals surface area contributed by atoms with Crippen molar-refractivity contribution in [2.45, 2.75) is 18.9 Å². The van der Waals surface area contributed by atoms with Gasteiger partial charge >= 0.3 is 0 Å². The van der Waals surface area contributed by atoms with Crippen LogP contribution in [-0.2, 0) is 0 Å². The number of hydrogen-bond acceptors (Lipinski definition) is 5. The molecule has 138 valence electrons. The predicted octanol–water partition coefficient (Wildman–Crippen LogP) is 1.99. The maximum absolute atomic E-state index is 12.7. The van der Waals surface area contributed by atoms with Gasteiger partial charge in [0, 0.05) is 30.9 Å². The second kappa shape index (κ2) is 6.83. The molecule has 4 rings (SSSR count). The summed E-state index contributed by atoms with van der Waals surface area (Å²) in [6.07, 6.45) is 2.63. The molecule has 2 aliphatic heterocycles. The molecule has 0 saturated carbocycles. The van der Waals surface area contributed by atoms with Gasteiger partial charge in [-0.1, -0.05) is 6.07 Å². The topological polar surface area (TPSA) is 79.8 Å². The molecule has 3 amide bonds. The zero-order valence-corrected chi connectivity index (χ0v) is 14.9. The number of imide groups is 1. The van der Waals surface area contributed by atoms with Crippen LogP contribution in [0.4, 0.5) is 0 Å². The van der Waals surface area contributed by atoms with E-state index >= 15 is 0 Å². The molecule has 0 unspecified atom stereocenters. The average molecular weight is 365 g/mol. The summed E-state index contributed by atoms with van der Waals surface area (Å²) in [6, 6.07) is 10.1. The summed E-state index contributed by atoms with van der Waals surface area (Å²) in [4.78, 5) is 45.0. The van der Waals surface area contributed by atoms with Crippen LogP contribution in [-0.4, -0.2) is 58.7 Å². The van der Waals surface area contributed by atoms with E-state index in [2.05, 4.69) is 4.98 Å². The number of nitrogens with zero attached hydrogens (tertiary/aromatic N) is 3. The highest BCUT2D eigenvalue weighted by Gasteiger charge is 2.42. The van der Waals surface area contributed by atoms with Crippen LogP contribution in [0.5, 0.6) is 5.75 Å². The van der Waals surface area contributed by atoms with Crippen LogP contribution in [0.3, 0.4) is 0 Å². The van der Waals surface area contributed by atoms with Gasteiger partial charge in [0.1, 0.15) is 11.4 Å². The molecule has 27 heavy (non-hydrogen) atoms. The van der Waals surface area contributed by atoms with Gasteiger partial charge in [-0.25, -0.2) is 0 Å². The number of hydrogen-bond donors (Lipinski definition) is 0. The molecule has 7 heteroatoms. The van der Waals surface area contributed by atoms with Crippen LogP contribution in [0.1, 0.15) is 44.0 Å². The SMILES string of the molecule is COc1cccc(C(=O)N2CCC(N3C(=O)c4cccnc4C3=O)CC2)c1. The Hall–Kier alpha value is -3.22. The van der Waals surface area contributed by atoms with Crippen LogP contribution < -0.4 is 4.74 Å². The number of methoxy groups -OCH3 is 1. The summed E-state index contributed by atoms with van der Waals surface area (Å²) in [5.74, 6) is -0.0699. The van der Waals surface area contributed by atoms with Gasteiger partial charge in [-0.05, 0) is 43.2 Å². The summed E-state index contributed by atoms with van der Waals surface area (Å²) in [5.41, 5.74) is 1.15. The zero-order chi connectivity index (χ0) is 19.0. The number of aromatic nitrogens is 1. The molecule has 2 aliphatic rings. The first-order valence-electron chi connectivity index (χ1n) is 8.86. The molecule has 1 saturated heterocycles. The van der Waals surface area contributed by atoms with Crippen LogP contribution in [0.25, 0.3) is 0 Å². The highest BCUT2D eigenvalue weighted by atomic mass is 16.5. The van der Waals surface area contributed by atoms with E-state index in [0.29, 0.717) is 42.8 Å². The van der Waals surface area contributed by atoms with Gasteiger partial charge in [0.05, 0.1) is 12.7 Å². The number of piperidine rings is 1. The number of fused-ring (bicyclic) bond motifs is 1. The smallest absolute Gasteiger partial charge is 0.280 e. The fourth-order valence-electron chi connectivity index (χ4n) is 3.68. The average Bonchev–Trinajstić information content (AvgIpc) is 2.98. The standard InChI is InChI=1S/C20H19N3O4/c1-27-15-5-2-4-13(12-15)18(24)22-10-7-14(8-11-22)23-19(25)16-6-3-9-21-17(16)20(23)26/h2-6,9,12,14H,7-8,10-11H2,1H3. The van der Waals surface area contributed by atoms with Gasteiger partial charge in [0.2, 0.25) is 0 Å². The number of benzene rings is 1. The normalized spacial score (nSPS) is 17.2. The van der Waals surface area contributed by atoms with E-state index in [-0.39, 0.29) is 29.5 Å². The fraction of sp³-hybridized carbons (Fsp3) is 0.300. The van der Waals surface area contributed by atoms with Crippen molar-refractivity contribution in [2.75, 3.05) is 20.2 Å². The van der Waals surface area contributed by atoms with E-state index in [9.17, 15) is 14.4 Å². The first-order valence-corrected chi connectivity index (χ1v) is 8.86. The maximum atomic E-state index is 12.7. The molecular weight excluding hydrogens is 346 g/mol. The molecular formula is C20H19N3O4. The van der Waals surface area contributed by atoms with Gasteiger partial charge in [0.15, 0.2) is 0 Å². The minimum atomic E-state index is -0.340. The first kappa shape index (κ1) is 17.2. The molecule has 0 atom stereocenters. The van der Waals surface area contributed by atoms with Crippen LogP contribution in [0, 0.1) is 0 Å².